The minimum absolute atomic E-state index is 0.220. The quantitative estimate of drug-likeness (QED) is 0.870. The average molecular weight is 290 g/mol. The molecule has 2 aliphatic rings. The van der Waals surface area contributed by atoms with Gasteiger partial charge in [-0.1, -0.05) is 19.3 Å². The smallest absolute Gasteiger partial charge is 0.240 e. The van der Waals surface area contributed by atoms with E-state index in [1.807, 2.05) is 6.20 Å². The monoisotopic (exact) mass is 290 g/mol. The van der Waals surface area contributed by atoms with Crippen molar-refractivity contribution in [2.45, 2.75) is 56.9 Å². The molecule has 0 spiro atoms. The summed E-state index contributed by atoms with van der Waals surface area (Å²) in [5.41, 5.74) is 0.858. The third kappa shape index (κ3) is 3.12. The Balaban J connectivity index is 1.60. The van der Waals surface area contributed by atoms with Crippen LogP contribution in [0.4, 0.5) is 0 Å². The van der Waals surface area contributed by atoms with Crippen LogP contribution in [-0.2, 0) is 11.2 Å². The standard InChI is InChI=1S/C16H26N4O/c21-15(18-9-6-14-12-17-13-19-14)16(7-2-1-3-8-16)20-10-4-5-11-20/h12-13H,1-11H2,(H,17,19)(H,18,21). The van der Waals surface area contributed by atoms with E-state index in [2.05, 4.69) is 20.2 Å². The summed E-state index contributed by atoms with van der Waals surface area (Å²) in [5, 5.41) is 3.18. The van der Waals surface area contributed by atoms with Crippen molar-refractivity contribution in [3.8, 4) is 0 Å². The summed E-state index contributed by atoms with van der Waals surface area (Å²) in [4.78, 5) is 22.4. The van der Waals surface area contributed by atoms with E-state index in [0.29, 0.717) is 6.54 Å². The Hall–Kier alpha value is -1.36. The van der Waals surface area contributed by atoms with Crippen molar-refractivity contribution in [1.29, 1.82) is 0 Å². The fourth-order valence-electron chi connectivity index (χ4n) is 3.87. The van der Waals surface area contributed by atoms with E-state index < -0.39 is 0 Å². The lowest BCUT2D eigenvalue weighted by Gasteiger charge is -2.43. The Kier molecular flexibility index (Phi) is 4.58. The molecule has 2 heterocycles. The maximum Gasteiger partial charge on any atom is 0.240 e. The number of carbonyl (C=O) groups is 1. The van der Waals surface area contributed by atoms with E-state index in [4.69, 9.17) is 0 Å². The van der Waals surface area contributed by atoms with Crippen molar-refractivity contribution >= 4 is 5.91 Å². The van der Waals surface area contributed by atoms with Gasteiger partial charge in [-0.05, 0) is 38.8 Å². The number of rotatable bonds is 5. The second-order valence-corrected chi connectivity index (χ2v) is 6.37. The van der Waals surface area contributed by atoms with Gasteiger partial charge in [0.05, 0.1) is 6.33 Å². The Bertz CT molecular complexity index is 445. The zero-order chi connectivity index (χ0) is 14.5. The number of imidazole rings is 1. The minimum Gasteiger partial charge on any atom is -0.354 e. The van der Waals surface area contributed by atoms with E-state index in [1.54, 1.807) is 6.33 Å². The molecule has 5 heteroatoms. The Morgan fingerprint density at radius 1 is 1.24 bits per heavy atom. The van der Waals surface area contributed by atoms with Gasteiger partial charge < -0.3 is 10.3 Å². The molecule has 0 aromatic carbocycles. The minimum atomic E-state index is -0.220. The van der Waals surface area contributed by atoms with E-state index in [-0.39, 0.29) is 11.4 Å². The molecule has 0 radical (unpaired) electrons. The molecule has 1 aromatic rings. The lowest BCUT2D eigenvalue weighted by atomic mass is 9.79. The van der Waals surface area contributed by atoms with Crippen LogP contribution in [0.1, 0.15) is 50.6 Å². The van der Waals surface area contributed by atoms with Gasteiger partial charge in [-0.15, -0.1) is 0 Å². The average Bonchev–Trinajstić information content (AvgIpc) is 3.21. The largest absolute Gasteiger partial charge is 0.354 e. The summed E-state index contributed by atoms with van der Waals surface area (Å²) in [6, 6.07) is 0. The van der Waals surface area contributed by atoms with Crippen molar-refractivity contribution in [2.75, 3.05) is 19.6 Å². The zero-order valence-electron chi connectivity index (χ0n) is 12.7. The van der Waals surface area contributed by atoms with Crippen molar-refractivity contribution in [2.24, 2.45) is 0 Å². The highest BCUT2D eigenvalue weighted by atomic mass is 16.2. The lowest BCUT2D eigenvalue weighted by molar-refractivity contribution is -0.135. The summed E-state index contributed by atoms with van der Waals surface area (Å²) in [6.45, 7) is 2.87. The van der Waals surface area contributed by atoms with Crippen molar-refractivity contribution in [3.63, 3.8) is 0 Å². The number of hydrogen-bond donors (Lipinski definition) is 2. The predicted octanol–water partition coefficient (Wildman–Crippen LogP) is 1.87. The van der Waals surface area contributed by atoms with E-state index in [0.717, 1.165) is 38.0 Å². The SMILES string of the molecule is O=C(NCCc1cnc[nH]1)C1(N2CCCC2)CCCCC1. The van der Waals surface area contributed by atoms with Crippen molar-refractivity contribution < 1.29 is 4.79 Å². The summed E-state index contributed by atoms with van der Waals surface area (Å²) in [7, 11) is 0. The first-order chi connectivity index (χ1) is 10.3. The van der Waals surface area contributed by atoms with Gasteiger partial charge in [0.1, 0.15) is 5.54 Å². The molecular formula is C16H26N4O. The molecule has 116 valence electrons. The van der Waals surface area contributed by atoms with Gasteiger partial charge in [0.15, 0.2) is 0 Å². The van der Waals surface area contributed by atoms with Crippen LogP contribution in [0.5, 0.6) is 0 Å². The molecule has 1 saturated carbocycles. The molecule has 1 aromatic heterocycles. The molecule has 0 bridgehead atoms. The summed E-state index contributed by atoms with van der Waals surface area (Å²) in [6.07, 6.45) is 12.5. The summed E-state index contributed by atoms with van der Waals surface area (Å²) in [5.74, 6) is 0.253. The molecule has 1 aliphatic carbocycles. The maximum absolute atomic E-state index is 12.9. The highest BCUT2D eigenvalue weighted by Gasteiger charge is 2.45. The van der Waals surface area contributed by atoms with Crippen LogP contribution in [0.3, 0.4) is 0 Å². The number of nitrogens with zero attached hydrogens (tertiary/aromatic N) is 2. The van der Waals surface area contributed by atoms with Gasteiger partial charge in [0.2, 0.25) is 5.91 Å². The van der Waals surface area contributed by atoms with Crippen LogP contribution in [0, 0.1) is 0 Å². The van der Waals surface area contributed by atoms with E-state index in [1.165, 1.54) is 32.1 Å². The first-order valence-electron chi connectivity index (χ1n) is 8.32. The van der Waals surface area contributed by atoms with Gasteiger partial charge >= 0.3 is 0 Å². The molecule has 0 atom stereocenters. The number of aromatic amines is 1. The number of amides is 1. The molecule has 1 amide bonds. The van der Waals surface area contributed by atoms with Gasteiger partial charge in [0, 0.05) is 24.9 Å². The highest BCUT2D eigenvalue weighted by Crippen LogP contribution is 2.36. The maximum atomic E-state index is 12.9. The second kappa shape index (κ2) is 6.60. The molecule has 2 N–H and O–H groups in total. The Labute approximate surface area is 126 Å². The van der Waals surface area contributed by atoms with Gasteiger partial charge in [-0.2, -0.15) is 0 Å². The zero-order valence-corrected chi connectivity index (χ0v) is 12.7. The molecule has 3 rings (SSSR count). The second-order valence-electron chi connectivity index (χ2n) is 6.37. The fourth-order valence-corrected chi connectivity index (χ4v) is 3.87. The van der Waals surface area contributed by atoms with E-state index in [9.17, 15) is 4.79 Å². The highest BCUT2D eigenvalue weighted by molar-refractivity contribution is 5.86. The number of carbonyl (C=O) groups excluding carboxylic acids is 1. The first kappa shape index (κ1) is 14.6. The van der Waals surface area contributed by atoms with E-state index >= 15 is 0 Å². The predicted molar refractivity (Wildman–Crippen MR) is 81.9 cm³/mol. The lowest BCUT2D eigenvalue weighted by Crippen LogP contribution is -2.59. The van der Waals surface area contributed by atoms with Gasteiger partial charge in [-0.25, -0.2) is 4.98 Å². The van der Waals surface area contributed by atoms with Crippen LogP contribution in [0.2, 0.25) is 0 Å². The van der Waals surface area contributed by atoms with Crippen LogP contribution < -0.4 is 5.32 Å². The molecule has 2 fully saturated rings. The number of hydrogen-bond acceptors (Lipinski definition) is 3. The van der Waals surface area contributed by atoms with Crippen LogP contribution in [0.15, 0.2) is 12.5 Å². The number of aromatic nitrogens is 2. The first-order valence-corrected chi connectivity index (χ1v) is 8.32. The summed E-state index contributed by atoms with van der Waals surface area (Å²) >= 11 is 0. The molecule has 1 aliphatic heterocycles. The third-order valence-corrected chi connectivity index (χ3v) is 5.05. The van der Waals surface area contributed by atoms with Crippen LogP contribution in [-0.4, -0.2) is 45.9 Å². The van der Waals surface area contributed by atoms with Crippen molar-refractivity contribution in [3.05, 3.63) is 18.2 Å². The number of nitrogens with one attached hydrogen (secondary N) is 2. The number of H-pyrrole nitrogens is 1. The molecule has 5 nitrogen and oxygen atoms in total. The molecule has 0 unspecified atom stereocenters. The fraction of sp³-hybridized carbons (Fsp3) is 0.750. The van der Waals surface area contributed by atoms with Gasteiger partial charge in [-0.3, -0.25) is 9.69 Å². The Morgan fingerprint density at radius 2 is 2.00 bits per heavy atom. The number of likely N-dealkylation sites (tertiary alicyclic amines) is 1. The molecule has 21 heavy (non-hydrogen) atoms. The van der Waals surface area contributed by atoms with Crippen LogP contribution >= 0.6 is 0 Å². The topological polar surface area (TPSA) is 61.0 Å². The van der Waals surface area contributed by atoms with Gasteiger partial charge in [0.25, 0.3) is 0 Å². The molecule has 1 saturated heterocycles. The van der Waals surface area contributed by atoms with Crippen molar-refractivity contribution in [1.82, 2.24) is 20.2 Å². The van der Waals surface area contributed by atoms with Crippen LogP contribution in [0.25, 0.3) is 0 Å². The normalized spacial score (nSPS) is 22.3. The Morgan fingerprint density at radius 3 is 2.67 bits per heavy atom. The molecular weight excluding hydrogens is 264 g/mol. The summed E-state index contributed by atoms with van der Waals surface area (Å²) < 4.78 is 0. The third-order valence-electron chi connectivity index (χ3n) is 5.05.